The lowest BCUT2D eigenvalue weighted by atomic mass is 9.96. The zero-order valence-electron chi connectivity index (χ0n) is 14.5. The van der Waals surface area contributed by atoms with Crippen LogP contribution in [0.5, 0.6) is 0 Å². The van der Waals surface area contributed by atoms with Crippen LogP contribution in [-0.4, -0.2) is 34.8 Å². The van der Waals surface area contributed by atoms with Crippen LogP contribution in [0.2, 0.25) is 8.67 Å². The molecule has 3 aromatic heterocycles. The van der Waals surface area contributed by atoms with Gasteiger partial charge in [-0.05, 0) is 30.4 Å². The summed E-state index contributed by atoms with van der Waals surface area (Å²) in [6, 6.07) is 5.48. The normalized spacial score (nSPS) is 15.0. The Balaban J connectivity index is 1.34. The molecule has 3 aromatic rings. The molecular formula is C18H15Cl2N3O2S3. The largest absolute Gasteiger partial charge is 0.338 e. The third kappa shape index (κ3) is 4.26. The van der Waals surface area contributed by atoms with Crippen molar-refractivity contribution >= 4 is 74.2 Å². The molecule has 1 N–H and O–H groups in total. The van der Waals surface area contributed by atoms with E-state index in [0.717, 1.165) is 10.4 Å². The topological polar surface area (TPSA) is 62.3 Å². The highest BCUT2D eigenvalue weighted by Gasteiger charge is 2.28. The molecule has 0 unspecified atom stereocenters. The Bertz CT molecular complexity index is 992. The van der Waals surface area contributed by atoms with Gasteiger partial charge < -0.3 is 10.2 Å². The molecule has 1 saturated heterocycles. The smallest absolute Gasteiger partial charge is 0.263 e. The number of aromatic nitrogens is 1. The van der Waals surface area contributed by atoms with Crippen molar-refractivity contribution in [3.05, 3.63) is 42.5 Å². The second-order valence-corrected chi connectivity index (χ2v) is 10.4. The van der Waals surface area contributed by atoms with Crippen LogP contribution < -0.4 is 5.32 Å². The highest BCUT2D eigenvalue weighted by molar-refractivity contribution is 7.20. The maximum Gasteiger partial charge on any atom is 0.263 e. The van der Waals surface area contributed by atoms with Crippen molar-refractivity contribution in [2.75, 3.05) is 18.4 Å². The first-order valence-corrected chi connectivity index (χ1v) is 11.9. The second kappa shape index (κ2) is 8.51. The van der Waals surface area contributed by atoms with E-state index >= 15 is 0 Å². The van der Waals surface area contributed by atoms with E-state index in [1.54, 1.807) is 6.07 Å². The Kier molecular flexibility index (Phi) is 6.03. The third-order valence-electron chi connectivity index (χ3n) is 4.55. The van der Waals surface area contributed by atoms with Gasteiger partial charge in [-0.15, -0.1) is 34.0 Å². The standard InChI is InChI=1S/C18H15Cl2N3O2S3/c19-14-8-11(15(20)28-14)12-9-27-18(21-12)22-16(24)10-3-5-23(6-4-10)17(25)13-2-1-7-26-13/h1-2,7-10H,3-6H2,(H,21,22,24). The Morgan fingerprint density at radius 3 is 2.64 bits per heavy atom. The van der Waals surface area contributed by atoms with Crippen molar-refractivity contribution in [2.45, 2.75) is 12.8 Å². The fourth-order valence-corrected chi connectivity index (χ4v) is 5.96. The average Bonchev–Trinajstić information content (AvgIpc) is 3.43. The number of thiazole rings is 1. The number of carbonyl (C=O) groups excluding carboxylic acids is 2. The average molecular weight is 472 g/mol. The summed E-state index contributed by atoms with van der Waals surface area (Å²) in [5.41, 5.74) is 1.47. The van der Waals surface area contributed by atoms with Gasteiger partial charge in [0.05, 0.1) is 14.9 Å². The fourth-order valence-electron chi connectivity index (χ4n) is 3.08. The molecule has 0 saturated carbocycles. The van der Waals surface area contributed by atoms with Crippen LogP contribution >= 0.6 is 57.2 Å². The van der Waals surface area contributed by atoms with E-state index < -0.39 is 0 Å². The number of nitrogens with zero attached hydrogens (tertiary/aromatic N) is 2. The fraction of sp³-hybridized carbons (Fsp3) is 0.278. The molecule has 2 amide bonds. The Hall–Kier alpha value is -1.45. The number of hydrogen-bond acceptors (Lipinski definition) is 6. The number of likely N-dealkylation sites (tertiary alicyclic amines) is 1. The zero-order chi connectivity index (χ0) is 19.7. The highest BCUT2D eigenvalue weighted by Crippen LogP contribution is 2.39. The number of carbonyl (C=O) groups is 2. The summed E-state index contributed by atoms with van der Waals surface area (Å²) in [7, 11) is 0. The van der Waals surface area contributed by atoms with Crippen LogP contribution in [0.25, 0.3) is 11.3 Å². The monoisotopic (exact) mass is 471 g/mol. The molecule has 5 nitrogen and oxygen atoms in total. The second-order valence-electron chi connectivity index (χ2n) is 6.31. The number of rotatable bonds is 4. The van der Waals surface area contributed by atoms with Crippen molar-refractivity contribution in [1.82, 2.24) is 9.88 Å². The molecule has 28 heavy (non-hydrogen) atoms. The van der Waals surface area contributed by atoms with Crippen molar-refractivity contribution in [3.63, 3.8) is 0 Å². The van der Waals surface area contributed by atoms with Crippen LogP contribution in [0.15, 0.2) is 29.0 Å². The van der Waals surface area contributed by atoms with Gasteiger partial charge in [-0.1, -0.05) is 29.3 Å². The van der Waals surface area contributed by atoms with Crippen molar-refractivity contribution in [2.24, 2.45) is 5.92 Å². The summed E-state index contributed by atoms with van der Waals surface area (Å²) in [6.45, 7) is 1.17. The molecule has 0 radical (unpaired) electrons. The molecule has 0 bridgehead atoms. The van der Waals surface area contributed by atoms with Crippen LogP contribution in [0.3, 0.4) is 0 Å². The van der Waals surface area contributed by atoms with E-state index in [0.29, 0.717) is 45.4 Å². The molecule has 1 fully saturated rings. The minimum Gasteiger partial charge on any atom is -0.338 e. The van der Waals surface area contributed by atoms with Gasteiger partial charge in [0.15, 0.2) is 5.13 Å². The van der Waals surface area contributed by atoms with Crippen LogP contribution in [-0.2, 0) is 4.79 Å². The van der Waals surface area contributed by atoms with E-state index in [2.05, 4.69) is 10.3 Å². The van der Waals surface area contributed by atoms with Gasteiger partial charge in [-0.2, -0.15) is 0 Å². The summed E-state index contributed by atoms with van der Waals surface area (Å²) in [4.78, 5) is 32.0. The molecule has 0 spiro atoms. The minimum atomic E-state index is -0.126. The van der Waals surface area contributed by atoms with Gasteiger partial charge >= 0.3 is 0 Å². The quantitative estimate of drug-likeness (QED) is 0.528. The lowest BCUT2D eigenvalue weighted by Gasteiger charge is -2.30. The summed E-state index contributed by atoms with van der Waals surface area (Å²) in [5, 5.41) is 7.18. The van der Waals surface area contributed by atoms with Crippen LogP contribution in [0.4, 0.5) is 5.13 Å². The van der Waals surface area contributed by atoms with Crippen LogP contribution in [0.1, 0.15) is 22.5 Å². The summed E-state index contributed by atoms with van der Waals surface area (Å²) in [6.07, 6.45) is 1.29. The van der Waals surface area contributed by atoms with E-state index in [4.69, 9.17) is 23.2 Å². The van der Waals surface area contributed by atoms with E-state index in [1.807, 2.05) is 27.8 Å². The summed E-state index contributed by atoms with van der Waals surface area (Å²) < 4.78 is 1.18. The first-order chi connectivity index (χ1) is 13.5. The van der Waals surface area contributed by atoms with Gasteiger partial charge in [-0.25, -0.2) is 4.98 Å². The number of hydrogen-bond donors (Lipinski definition) is 1. The zero-order valence-corrected chi connectivity index (χ0v) is 18.4. The Morgan fingerprint density at radius 1 is 1.21 bits per heavy atom. The molecule has 1 aliphatic heterocycles. The van der Waals surface area contributed by atoms with Gasteiger partial charge in [-0.3, -0.25) is 9.59 Å². The number of halogens is 2. The highest BCUT2D eigenvalue weighted by atomic mass is 35.5. The van der Waals surface area contributed by atoms with Gasteiger partial charge in [0.2, 0.25) is 5.91 Å². The van der Waals surface area contributed by atoms with Gasteiger partial charge in [0.1, 0.15) is 4.34 Å². The van der Waals surface area contributed by atoms with Gasteiger partial charge in [0.25, 0.3) is 5.91 Å². The Labute approximate surface area is 183 Å². The SMILES string of the molecule is O=C(Nc1nc(-c2cc(Cl)sc2Cl)cs1)C1CCN(C(=O)c2cccs2)CC1. The summed E-state index contributed by atoms with van der Waals surface area (Å²) >= 11 is 16.2. The molecule has 1 aliphatic rings. The maximum atomic E-state index is 12.6. The lowest BCUT2D eigenvalue weighted by molar-refractivity contribution is -0.121. The molecule has 146 valence electrons. The number of thiophene rings is 2. The molecule has 0 aliphatic carbocycles. The van der Waals surface area contributed by atoms with Crippen molar-refractivity contribution < 1.29 is 9.59 Å². The maximum absolute atomic E-state index is 12.6. The molecular weight excluding hydrogens is 457 g/mol. The number of amides is 2. The molecule has 0 aromatic carbocycles. The number of piperidine rings is 1. The molecule has 4 heterocycles. The Morgan fingerprint density at radius 2 is 2.00 bits per heavy atom. The summed E-state index contributed by atoms with van der Waals surface area (Å²) in [5.74, 6) is -0.137. The number of nitrogens with one attached hydrogen (secondary N) is 1. The van der Waals surface area contributed by atoms with E-state index in [-0.39, 0.29) is 17.7 Å². The first-order valence-electron chi connectivity index (χ1n) is 8.55. The van der Waals surface area contributed by atoms with Crippen LogP contribution in [0, 0.1) is 5.92 Å². The van der Waals surface area contributed by atoms with E-state index in [1.165, 1.54) is 34.0 Å². The molecule has 0 atom stereocenters. The number of anilines is 1. The first kappa shape index (κ1) is 19.8. The third-order valence-corrected chi connectivity index (χ3v) is 7.66. The predicted octanol–water partition coefficient (Wildman–Crippen LogP) is 5.73. The molecule has 10 heteroatoms. The van der Waals surface area contributed by atoms with Crippen molar-refractivity contribution in [1.29, 1.82) is 0 Å². The van der Waals surface area contributed by atoms with E-state index in [9.17, 15) is 9.59 Å². The predicted molar refractivity (Wildman–Crippen MR) is 117 cm³/mol. The molecule has 4 rings (SSSR count). The lowest BCUT2D eigenvalue weighted by Crippen LogP contribution is -2.41. The minimum absolute atomic E-state index is 0.0460. The van der Waals surface area contributed by atoms with Crippen molar-refractivity contribution in [3.8, 4) is 11.3 Å². The van der Waals surface area contributed by atoms with Gasteiger partial charge in [0, 0.05) is 30.0 Å².